The van der Waals surface area contributed by atoms with Crippen molar-refractivity contribution in [1.29, 1.82) is 0 Å². The third-order valence-electron chi connectivity index (χ3n) is 5.73. The summed E-state index contributed by atoms with van der Waals surface area (Å²) in [6, 6.07) is 11.8. The number of hydrogen-bond acceptors (Lipinski definition) is 6. The number of ketones is 1. The van der Waals surface area contributed by atoms with E-state index in [4.69, 9.17) is 9.47 Å². The number of methoxy groups -OCH3 is 1. The highest BCUT2D eigenvalue weighted by Crippen LogP contribution is 2.43. The van der Waals surface area contributed by atoms with Crippen molar-refractivity contribution < 1.29 is 24.2 Å². The van der Waals surface area contributed by atoms with Crippen molar-refractivity contribution in [2.45, 2.75) is 26.3 Å². The third kappa shape index (κ3) is 5.03. The molecule has 1 saturated heterocycles. The van der Waals surface area contributed by atoms with Crippen molar-refractivity contribution in [3.63, 3.8) is 0 Å². The molecule has 1 fully saturated rings. The van der Waals surface area contributed by atoms with Crippen LogP contribution in [0, 0.1) is 6.92 Å². The van der Waals surface area contributed by atoms with Gasteiger partial charge in [0.15, 0.2) is 0 Å². The minimum Gasteiger partial charge on any atom is -0.507 e. The fraction of sp³-hybridized carbons (Fsp3) is 0.385. The Labute approximate surface area is 195 Å². The summed E-state index contributed by atoms with van der Waals surface area (Å²) in [5.41, 5.74) is 2.02. The normalized spacial score (nSPS) is 17.6. The molecule has 33 heavy (non-hydrogen) atoms. The first-order valence-electron chi connectivity index (χ1n) is 11.1. The maximum absolute atomic E-state index is 13.2. The summed E-state index contributed by atoms with van der Waals surface area (Å²) < 4.78 is 11.1. The number of aryl methyl sites for hydroxylation is 1. The second-order valence-electron chi connectivity index (χ2n) is 8.30. The molecule has 0 bridgehead atoms. The van der Waals surface area contributed by atoms with Gasteiger partial charge >= 0.3 is 0 Å². The van der Waals surface area contributed by atoms with Gasteiger partial charge in [-0.05, 0) is 70.7 Å². The topological polar surface area (TPSA) is 79.3 Å². The number of Topliss-reactive ketones (excluding diaryl/α,β-unsaturated/α-hetero) is 1. The zero-order valence-corrected chi connectivity index (χ0v) is 19.9. The predicted molar refractivity (Wildman–Crippen MR) is 128 cm³/mol. The molecular weight excluding hydrogens is 420 g/mol. The van der Waals surface area contributed by atoms with Gasteiger partial charge in [0.25, 0.3) is 11.7 Å². The number of para-hydroxylation sites is 1. The molecule has 1 N–H and O–H groups in total. The number of aliphatic hydroxyl groups is 1. The number of carbonyl (C=O) groups is 2. The van der Waals surface area contributed by atoms with E-state index < -0.39 is 17.7 Å². The number of carbonyl (C=O) groups excluding carboxylic acids is 2. The van der Waals surface area contributed by atoms with Crippen molar-refractivity contribution in [3.8, 4) is 11.5 Å². The maximum Gasteiger partial charge on any atom is 0.295 e. The van der Waals surface area contributed by atoms with Crippen LogP contribution in [0.2, 0.25) is 0 Å². The average Bonchev–Trinajstić information content (AvgIpc) is 3.04. The molecule has 0 saturated carbocycles. The molecule has 1 aliphatic rings. The molecular formula is C26H32N2O5. The average molecular weight is 453 g/mol. The first-order chi connectivity index (χ1) is 15.8. The monoisotopic (exact) mass is 452 g/mol. The highest BCUT2D eigenvalue weighted by molar-refractivity contribution is 6.46. The van der Waals surface area contributed by atoms with Gasteiger partial charge in [0.2, 0.25) is 0 Å². The maximum atomic E-state index is 13.2. The number of benzene rings is 2. The number of amides is 1. The Bertz CT molecular complexity index is 1060. The predicted octanol–water partition coefficient (Wildman–Crippen LogP) is 3.78. The second-order valence-corrected chi connectivity index (χ2v) is 8.30. The van der Waals surface area contributed by atoms with E-state index in [1.54, 1.807) is 30.2 Å². The van der Waals surface area contributed by atoms with E-state index in [2.05, 4.69) is 0 Å². The highest BCUT2D eigenvalue weighted by atomic mass is 16.5. The molecule has 1 heterocycles. The lowest BCUT2D eigenvalue weighted by atomic mass is 9.94. The van der Waals surface area contributed by atoms with Gasteiger partial charge in [0.1, 0.15) is 17.3 Å². The molecule has 1 atom stereocenters. The molecule has 7 heteroatoms. The molecule has 176 valence electrons. The minimum absolute atomic E-state index is 0.0709. The first-order valence-corrected chi connectivity index (χ1v) is 11.1. The van der Waals surface area contributed by atoms with Crippen LogP contribution in [0.4, 0.5) is 0 Å². The Hall–Kier alpha value is -3.32. The van der Waals surface area contributed by atoms with Crippen LogP contribution >= 0.6 is 0 Å². The summed E-state index contributed by atoms with van der Waals surface area (Å²) in [5.74, 6) is -0.250. The number of ether oxygens (including phenoxy) is 2. The summed E-state index contributed by atoms with van der Waals surface area (Å²) in [4.78, 5) is 29.9. The minimum atomic E-state index is -0.739. The Morgan fingerprint density at radius 3 is 2.48 bits per heavy atom. The first kappa shape index (κ1) is 24.3. The molecule has 0 unspecified atom stereocenters. The van der Waals surface area contributed by atoms with Gasteiger partial charge in [-0.15, -0.1) is 0 Å². The summed E-state index contributed by atoms with van der Waals surface area (Å²) in [6.07, 6.45) is 0.689. The molecule has 1 aliphatic heterocycles. The van der Waals surface area contributed by atoms with E-state index in [1.807, 2.05) is 57.1 Å². The fourth-order valence-corrected chi connectivity index (χ4v) is 4.17. The summed E-state index contributed by atoms with van der Waals surface area (Å²) in [7, 11) is 5.50. The number of hydrogen-bond donors (Lipinski definition) is 1. The van der Waals surface area contributed by atoms with Gasteiger partial charge in [-0.2, -0.15) is 0 Å². The van der Waals surface area contributed by atoms with Crippen molar-refractivity contribution in [2.24, 2.45) is 0 Å². The number of aliphatic hydroxyl groups excluding tert-OH is 1. The van der Waals surface area contributed by atoms with Crippen LogP contribution in [-0.2, 0) is 9.59 Å². The molecule has 3 rings (SSSR count). The molecule has 0 radical (unpaired) electrons. The van der Waals surface area contributed by atoms with Gasteiger partial charge in [0.05, 0.1) is 25.3 Å². The molecule has 0 aliphatic carbocycles. The van der Waals surface area contributed by atoms with E-state index in [1.165, 1.54) is 0 Å². The van der Waals surface area contributed by atoms with Crippen molar-refractivity contribution in [3.05, 3.63) is 64.7 Å². The zero-order chi connectivity index (χ0) is 24.1. The quantitative estimate of drug-likeness (QED) is 0.354. The Morgan fingerprint density at radius 2 is 1.85 bits per heavy atom. The standard InChI is InChI=1S/C26H32N2O5/c1-6-33-21-11-8-7-10-19(21)23-22(24(29)18-12-13-20(32-5)17(2)16-18)25(30)26(31)28(23)15-9-14-27(3)4/h7-8,10-13,16,23,29H,6,9,14-15H2,1-5H3/b24-22+/t23-/m0/s1. The van der Waals surface area contributed by atoms with Gasteiger partial charge in [-0.25, -0.2) is 0 Å². The number of rotatable bonds is 9. The van der Waals surface area contributed by atoms with Crippen molar-refractivity contribution >= 4 is 17.4 Å². The van der Waals surface area contributed by atoms with Crippen molar-refractivity contribution in [2.75, 3.05) is 40.9 Å². The van der Waals surface area contributed by atoms with E-state index >= 15 is 0 Å². The lowest BCUT2D eigenvalue weighted by Gasteiger charge is -2.27. The smallest absolute Gasteiger partial charge is 0.295 e. The molecule has 1 amide bonds. The summed E-state index contributed by atoms with van der Waals surface area (Å²) >= 11 is 0. The van der Waals surface area contributed by atoms with Crippen molar-refractivity contribution in [1.82, 2.24) is 9.80 Å². The molecule has 2 aromatic carbocycles. The lowest BCUT2D eigenvalue weighted by Crippen LogP contribution is -2.32. The van der Waals surface area contributed by atoms with Gasteiger partial charge < -0.3 is 24.4 Å². The van der Waals surface area contributed by atoms with Crippen LogP contribution in [0.3, 0.4) is 0 Å². The summed E-state index contributed by atoms with van der Waals surface area (Å²) in [5, 5.41) is 11.3. The summed E-state index contributed by atoms with van der Waals surface area (Å²) in [6.45, 7) is 5.32. The van der Waals surface area contributed by atoms with Gasteiger partial charge in [-0.3, -0.25) is 9.59 Å². The van der Waals surface area contributed by atoms with E-state index in [0.29, 0.717) is 42.2 Å². The Balaban J connectivity index is 2.16. The molecule has 7 nitrogen and oxygen atoms in total. The fourth-order valence-electron chi connectivity index (χ4n) is 4.17. The largest absolute Gasteiger partial charge is 0.507 e. The zero-order valence-electron chi connectivity index (χ0n) is 19.9. The highest BCUT2D eigenvalue weighted by Gasteiger charge is 2.46. The SMILES string of the molecule is CCOc1ccccc1[C@H]1/C(=C(\O)c2ccc(OC)c(C)c2)C(=O)C(=O)N1CCCN(C)C. The lowest BCUT2D eigenvalue weighted by molar-refractivity contribution is -0.140. The third-order valence-corrected chi connectivity index (χ3v) is 5.73. The van der Waals surface area contributed by atoms with Gasteiger partial charge in [0, 0.05) is 17.7 Å². The van der Waals surface area contributed by atoms with E-state index in [9.17, 15) is 14.7 Å². The Morgan fingerprint density at radius 1 is 1.12 bits per heavy atom. The van der Waals surface area contributed by atoms with Crippen LogP contribution in [0.15, 0.2) is 48.0 Å². The number of likely N-dealkylation sites (tertiary alicyclic amines) is 1. The van der Waals surface area contributed by atoms with Crippen LogP contribution in [0.5, 0.6) is 11.5 Å². The second kappa shape index (κ2) is 10.5. The van der Waals surface area contributed by atoms with Crippen LogP contribution in [0.25, 0.3) is 5.76 Å². The molecule has 0 aromatic heterocycles. The van der Waals surface area contributed by atoms with Gasteiger partial charge in [-0.1, -0.05) is 18.2 Å². The van der Waals surface area contributed by atoms with Crippen LogP contribution in [-0.4, -0.2) is 67.5 Å². The number of nitrogens with zero attached hydrogens (tertiary/aromatic N) is 2. The van der Waals surface area contributed by atoms with E-state index in [0.717, 1.165) is 12.1 Å². The van der Waals surface area contributed by atoms with E-state index in [-0.39, 0.29) is 11.3 Å². The molecule has 2 aromatic rings. The van der Waals surface area contributed by atoms with Crippen LogP contribution < -0.4 is 9.47 Å². The molecule has 0 spiro atoms. The Kier molecular flexibility index (Phi) is 7.76. The van der Waals surface area contributed by atoms with Crippen LogP contribution in [0.1, 0.15) is 36.1 Å².